The molecule has 1 aliphatic heterocycles. The van der Waals surface area contributed by atoms with E-state index in [0.717, 1.165) is 17.5 Å². The smallest absolute Gasteiger partial charge is 0.271 e. The van der Waals surface area contributed by atoms with Crippen molar-refractivity contribution in [2.45, 2.75) is 19.4 Å². The van der Waals surface area contributed by atoms with Gasteiger partial charge in [0.1, 0.15) is 5.69 Å². The molecular weight excluding hydrogens is 370 g/mol. The lowest BCUT2D eigenvalue weighted by atomic mass is 10.1. The summed E-state index contributed by atoms with van der Waals surface area (Å²) < 4.78 is 5.20. The first kappa shape index (κ1) is 20.6. The van der Waals surface area contributed by atoms with Crippen LogP contribution < -0.4 is 20.9 Å². The summed E-state index contributed by atoms with van der Waals surface area (Å²) in [6, 6.07) is 5.66. The van der Waals surface area contributed by atoms with Gasteiger partial charge in [-0.2, -0.15) is 0 Å². The molecule has 1 fully saturated rings. The van der Waals surface area contributed by atoms with Gasteiger partial charge in [-0.05, 0) is 31.0 Å². The molecular formula is C21H27N5O3. The normalized spacial score (nSPS) is 16.4. The predicted octanol–water partition coefficient (Wildman–Crippen LogP) is 1.39. The summed E-state index contributed by atoms with van der Waals surface area (Å²) in [5.41, 5.74) is 7.65. The molecule has 0 aromatic carbocycles. The summed E-state index contributed by atoms with van der Waals surface area (Å²) in [4.78, 5) is 35.7. The monoisotopic (exact) mass is 397 g/mol. The number of nitrogens with two attached hydrogens (primary N) is 1. The number of nitrogens with zero attached hydrogens (tertiary/aromatic N) is 3. The van der Waals surface area contributed by atoms with Crippen LogP contribution in [0, 0.1) is 0 Å². The molecule has 3 N–H and O–H groups in total. The van der Waals surface area contributed by atoms with E-state index in [2.05, 4.69) is 14.9 Å². The molecule has 1 amide bonds. The number of H-pyrrole nitrogens is 1. The number of nitrogens with one attached hydrogen (secondary N) is 1. The number of hydrogen-bond acceptors (Lipinski definition) is 6. The lowest BCUT2D eigenvalue weighted by Crippen LogP contribution is -2.41. The molecule has 0 saturated carbocycles. The quantitative estimate of drug-likeness (QED) is 0.684. The van der Waals surface area contributed by atoms with E-state index < -0.39 is 0 Å². The van der Waals surface area contributed by atoms with Crippen LogP contribution in [0.25, 0.3) is 11.1 Å². The van der Waals surface area contributed by atoms with E-state index in [-0.39, 0.29) is 17.5 Å². The summed E-state index contributed by atoms with van der Waals surface area (Å²) in [5.74, 6) is 0.471. The summed E-state index contributed by atoms with van der Waals surface area (Å²) in [6.07, 6.45) is 7.35. The van der Waals surface area contributed by atoms with Gasteiger partial charge in [0.05, 0.1) is 7.11 Å². The molecule has 1 atom stereocenters. The van der Waals surface area contributed by atoms with Crippen LogP contribution in [0.5, 0.6) is 5.88 Å². The predicted molar refractivity (Wildman–Crippen MR) is 113 cm³/mol. The third kappa shape index (κ3) is 4.65. The summed E-state index contributed by atoms with van der Waals surface area (Å²) in [7, 11) is 1.57. The Morgan fingerprint density at radius 2 is 2.28 bits per heavy atom. The van der Waals surface area contributed by atoms with Gasteiger partial charge >= 0.3 is 0 Å². The Bertz CT molecular complexity index is 940. The molecule has 0 radical (unpaired) electrons. The van der Waals surface area contributed by atoms with Crippen molar-refractivity contribution in [1.29, 1.82) is 0 Å². The lowest BCUT2D eigenvalue weighted by molar-refractivity contribution is -0.125. The van der Waals surface area contributed by atoms with E-state index in [1.165, 1.54) is 6.08 Å². The highest BCUT2D eigenvalue weighted by Gasteiger charge is 2.30. The standard InChI is InChI=1S/C21H27N5O3/c1-3-26(17-7-10-25(14-17)20(27)5-4-8-22)18-11-16(13-24-21(18)28)15-6-9-23-19(12-15)29-2/h4-6,9,11-13,17H,3,7-8,10,14,22H2,1-2H3,(H,24,28)/b5-4+. The SMILES string of the molecule is CCN(c1cc(-c2ccnc(OC)c2)c[nH]c1=O)C1CCN(C(=O)/C=C/CN)C1. The first-order chi connectivity index (χ1) is 14.1. The van der Waals surface area contributed by atoms with Crippen LogP contribution in [0.15, 0.2) is 47.5 Å². The molecule has 1 aliphatic rings. The number of likely N-dealkylation sites (N-methyl/N-ethyl adjacent to an activating group) is 1. The molecule has 2 aromatic heterocycles. The highest BCUT2D eigenvalue weighted by molar-refractivity contribution is 5.88. The molecule has 1 unspecified atom stereocenters. The van der Waals surface area contributed by atoms with E-state index in [1.54, 1.807) is 30.5 Å². The van der Waals surface area contributed by atoms with E-state index >= 15 is 0 Å². The van der Waals surface area contributed by atoms with Crippen LogP contribution in [-0.2, 0) is 4.79 Å². The van der Waals surface area contributed by atoms with Crippen LogP contribution in [0.3, 0.4) is 0 Å². The van der Waals surface area contributed by atoms with Crippen LogP contribution in [0.2, 0.25) is 0 Å². The van der Waals surface area contributed by atoms with Crippen molar-refractivity contribution < 1.29 is 9.53 Å². The number of methoxy groups -OCH3 is 1. The van der Waals surface area contributed by atoms with Gasteiger partial charge in [0, 0.05) is 62.3 Å². The van der Waals surface area contributed by atoms with Gasteiger partial charge in [-0.3, -0.25) is 9.59 Å². The number of hydrogen-bond donors (Lipinski definition) is 2. The summed E-state index contributed by atoms with van der Waals surface area (Å²) >= 11 is 0. The fourth-order valence-electron chi connectivity index (χ4n) is 3.65. The Morgan fingerprint density at radius 1 is 1.45 bits per heavy atom. The topological polar surface area (TPSA) is 105 Å². The van der Waals surface area contributed by atoms with Crippen molar-refractivity contribution >= 4 is 11.6 Å². The summed E-state index contributed by atoms with van der Waals surface area (Å²) in [5, 5.41) is 0. The van der Waals surface area contributed by atoms with Crippen molar-refractivity contribution in [3.63, 3.8) is 0 Å². The molecule has 8 heteroatoms. The highest BCUT2D eigenvalue weighted by Crippen LogP contribution is 2.26. The molecule has 8 nitrogen and oxygen atoms in total. The fourth-order valence-corrected chi connectivity index (χ4v) is 3.65. The second-order valence-corrected chi connectivity index (χ2v) is 6.84. The van der Waals surface area contributed by atoms with Gasteiger partial charge in [0.2, 0.25) is 11.8 Å². The summed E-state index contributed by atoms with van der Waals surface area (Å²) in [6.45, 7) is 4.26. The number of amides is 1. The zero-order chi connectivity index (χ0) is 20.8. The van der Waals surface area contributed by atoms with Gasteiger partial charge in [0.15, 0.2) is 0 Å². The average Bonchev–Trinajstić information content (AvgIpc) is 3.24. The van der Waals surface area contributed by atoms with Gasteiger partial charge in [0.25, 0.3) is 5.56 Å². The molecule has 0 spiro atoms. The molecule has 154 valence electrons. The van der Waals surface area contributed by atoms with Crippen LogP contribution in [0.1, 0.15) is 13.3 Å². The van der Waals surface area contributed by atoms with E-state index in [9.17, 15) is 9.59 Å². The van der Waals surface area contributed by atoms with Crippen molar-refractivity contribution in [3.05, 3.63) is 53.1 Å². The third-order valence-corrected chi connectivity index (χ3v) is 5.12. The Labute approximate surface area is 170 Å². The maximum Gasteiger partial charge on any atom is 0.271 e. The average molecular weight is 397 g/mol. The van der Waals surface area contributed by atoms with Crippen LogP contribution in [-0.4, -0.2) is 60.1 Å². The van der Waals surface area contributed by atoms with Crippen LogP contribution >= 0.6 is 0 Å². The lowest BCUT2D eigenvalue weighted by Gasteiger charge is -2.29. The fraction of sp³-hybridized carbons (Fsp3) is 0.381. The van der Waals surface area contributed by atoms with Crippen molar-refractivity contribution in [2.75, 3.05) is 38.2 Å². The number of carbonyl (C=O) groups excluding carboxylic acids is 1. The van der Waals surface area contributed by atoms with E-state index in [0.29, 0.717) is 37.7 Å². The largest absolute Gasteiger partial charge is 0.481 e. The number of ether oxygens (including phenoxy) is 1. The number of anilines is 1. The second-order valence-electron chi connectivity index (χ2n) is 6.84. The minimum atomic E-state index is -0.149. The Kier molecular flexibility index (Phi) is 6.66. The number of rotatable bonds is 7. The molecule has 2 aromatic rings. The van der Waals surface area contributed by atoms with Gasteiger partial charge in [-0.1, -0.05) is 6.08 Å². The Hall–Kier alpha value is -3.13. The Morgan fingerprint density at radius 3 is 3.00 bits per heavy atom. The minimum absolute atomic E-state index is 0.0412. The second kappa shape index (κ2) is 9.38. The maximum atomic E-state index is 12.6. The molecule has 3 heterocycles. The van der Waals surface area contributed by atoms with Gasteiger partial charge < -0.3 is 25.3 Å². The number of likely N-dealkylation sites (tertiary alicyclic amines) is 1. The molecule has 0 bridgehead atoms. The van der Waals surface area contributed by atoms with E-state index in [1.807, 2.05) is 25.1 Å². The van der Waals surface area contributed by atoms with Crippen molar-refractivity contribution in [3.8, 4) is 17.0 Å². The van der Waals surface area contributed by atoms with Gasteiger partial charge in [-0.15, -0.1) is 0 Å². The molecule has 1 saturated heterocycles. The molecule has 0 aliphatic carbocycles. The zero-order valence-electron chi connectivity index (χ0n) is 16.8. The van der Waals surface area contributed by atoms with Gasteiger partial charge in [-0.25, -0.2) is 4.98 Å². The highest BCUT2D eigenvalue weighted by atomic mass is 16.5. The third-order valence-electron chi connectivity index (χ3n) is 5.12. The molecule has 3 rings (SSSR count). The van der Waals surface area contributed by atoms with Crippen molar-refractivity contribution in [1.82, 2.24) is 14.9 Å². The van der Waals surface area contributed by atoms with E-state index in [4.69, 9.17) is 10.5 Å². The number of aromatic amines is 1. The molecule has 29 heavy (non-hydrogen) atoms. The van der Waals surface area contributed by atoms with Crippen LogP contribution in [0.4, 0.5) is 5.69 Å². The minimum Gasteiger partial charge on any atom is -0.481 e. The number of pyridine rings is 2. The number of carbonyl (C=O) groups is 1. The Balaban J connectivity index is 1.85. The first-order valence-corrected chi connectivity index (χ1v) is 9.72. The zero-order valence-corrected chi connectivity index (χ0v) is 16.8. The van der Waals surface area contributed by atoms with Crippen molar-refractivity contribution in [2.24, 2.45) is 5.73 Å². The number of aromatic nitrogens is 2. The maximum absolute atomic E-state index is 12.6. The first-order valence-electron chi connectivity index (χ1n) is 9.72.